The average Bonchev–Trinajstić information content (AvgIpc) is 3.27. The number of hydrogen-bond acceptors (Lipinski definition) is 6. The lowest BCUT2D eigenvalue weighted by molar-refractivity contribution is 0.0974. The van der Waals surface area contributed by atoms with Gasteiger partial charge in [-0.1, -0.05) is 43.1 Å². The Hall–Kier alpha value is -3.33. The molecule has 0 fully saturated rings. The zero-order valence-electron chi connectivity index (χ0n) is 19.9. The molecule has 0 unspecified atom stereocenters. The second-order valence-corrected chi connectivity index (χ2v) is 9.44. The Bertz CT molecular complexity index is 1470. The number of nitrogens with one attached hydrogen (secondary N) is 2. The highest BCUT2D eigenvalue weighted by molar-refractivity contribution is 7.80. The lowest BCUT2D eigenvalue weighted by atomic mass is 10.0. The van der Waals surface area contributed by atoms with Crippen LogP contribution in [0.15, 0.2) is 52.9 Å². The molecule has 0 aliphatic carbocycles. The summed E-state index contributed by atoms with van der Waals surface area (Å²) in [7, 11) is 2.95. The lowest BCUT2D eigenvalue weighted by Gasteiger charge is -2.15. The number of rotatable bonds is 6. The van der Waals surface area contributed by atoms with Crippen molar-refractivity contribution in [1.82, 2.24) is 10.3 Å². The van der Waals surface area contributed by atoms with Crippen LogP contribution in [0.2, 0.25) is 10.0 Å². The SMILES string of the molecule is COc1ccc(-c2nc3cc(C(C)C)ccc3o2)cc1NC(=S)NC(=O)c1cc(Cl)cc(Cl)c1OC. The van der Waals surface area contributed by atoms with Crippen molar-refractivity contribution >= 4 is 63.2 Å². The first kappa shape index (κ1) is 25.8. The summed E-state index contributed by atoms with van der Waals surface area (Å²) in [5.74, 6) is 0.994. The van der Waals surface area contributed by atoms with E-state index < -0.39 is 5.91 Å². The van der Waals surface area contributed by atoms with Gasteiger partial charge in [-0.2, -0.15) is 0 Å². The van der Waals surface area contributed by atoms with Crippen LogP contribution in [-0.4, -0.2) is 30.2 Å². The van der Waals surface area contributed by atoms with E-state index in [-0.39, 0.29) is 26.5 Å². The van der Waals surface area contributed by atoms with Gasteiger partial charge in [-0.15, -0.1) is 0 Å². The first-order valence-electron chi connectivity index (χ1n) is 10.9. The van der Waals surface area contributed by atoms with E-state index in [1.807, 2.05) is 24.3 Å². The number of benzene rings is 3. The third-order valence-corrected chi connectivity index (χ3v) is 6.16. The molecule has 1 heterocycles. The fraction of sp³-hybridized carbons (Fsp3) is 0.192. The van der Waals surface area contributed by atoms with Crippen molar-refractivity contribution in [2.24, 2.45) is 0 Å². The topological polar surface area (TPSA) is 85.6 Å². The van der Waals surface area contributed by atoms with Crippen LogP contribution in [0.5, 0.6) is 11.5 Å². The van der Waals surface area contributed by atoms with Gasteiger partial charge in [0.25, 0.3) is 5.91 Å². The van der Waals surface area contributed by atoms with Crippen molar-refractivity contribution in [3.05, 3.63) is 69.7 Å². The maximum Gasteiger partial charge on any atom is 0.261 e. The van der Waals surface area contributed by atoms with E-state index in [0.29, 0.717) is 34.4 Å². The first-order valence-corrected chi connectivity index (χ1v) is 12.1. The fourth-order valence-corrected chi connectivity index (χ4v) is 4.40. The van der Waals surface area contributed by atoms with E-state index in [1.165, 1.54) is 31.9 Å². The number of nitrogens with zero attached hydrogens (tertiary/aromatic N) is 1. The Morgan fingerprint density at radius 2 is 1.83 bits per heavy atom. The molecule has 10 heteroatoms. The highest BCUT2D eigenvalue weighted by Gasteiger charge is 2.19. The van der Waals surface area contributed by atoms with Crippen LogP contribution in [0.25, 0.3) is 22.6 Å². The summed E-state index contributed by atoms with van der Waals surface area (Å²) in [4.78, 5) is 17.5. The molecular weight excluding hydrogens is 521 g/mol. The van der Waals surface area contributed by atoms with Crippen LogP contribution in [0.3, 0.4) is 0 Å². The quantitative estimate of drug-likeness (QED) is 0.251. The number of anilines is 1. The Morgan fingerprint density at radius 3 is 2.53 bits per heavy atom. The van der Waals surface area contributed by atoms with Gasteiger partial charge >= 0.3 is 0 Å². The molecule has 1 aromatic heterocycles. The van der Waals surface area contributed by atoms with Gasteiger partial charge in [0, 0.05) is 10.6 Å². The molecule has 0 aliphatic rings. The Kier molecular flexibility index (Phi) is 7.68. The van der Waals surface area contributed by atoms with Gasteiger partial charge in [-0.25, -0.2) is 4.98 Å². The maximum absolute atomic E-state index is 12.9. The minimum absolute atomic E-state index is 0.0349. The minimum atomic E-state index is -0.538. The normalized spacial score (nSPS) is 11.0. The van der Waals surface area contributed by atoms with Crippen LogP contribution < -0.4 is 20.1 Å². The number of methoxy groups -OCH3 is 2. The summed E-state index contributed by atoms with van der Waals surface area (Å²) in [6, 6.07) is 14.3. The molecule has 4 rings (SSSR count). The highest BCUT2D eigenvalue weighted by Crippen LogP contribution is 2.34. The molecule has 36 heavy (non-hydrogen) atoms. The van der Waals surface area contributed by atoms with E-state index in [1.54, 1.807) is 12.1 Å². The Labute approximate surface area is 223 Å². The highest BCUT2D eigenvalue weighted by atomic mass is 35.5. The van der Waals surface area contributed by atoms with Gasteiger partial charge < -0.3 is 19.2 Å². The number of ether oxygens (including phenoxy) is 2. The van der Waals surface area contributed by atoms with Gasteiger partial charge in [0.2, 0.25) is 5.89 Å². The van der Waals surface area contributed by atoms with Crippen molar-refractivity contribution < 1.29 is 18.7 Å². The van der Waals surface area contributed by atoms with Crippen LogP contribution in [0, 0.1) is 0 Å². The zero-order chi connectivity index (χ0) is 26.0. The number of oxazole rings is 1. The summed E-state index contributed by atoms with van der Waals surface area (Å²) in [5.41, 5.74) is 4.01. The van der Waals surface area contributed by atoms with Gasteiger partial charge in [-0.3, -0.25) is 10.1 Å². The van der Waals surface area contributed by atoms with Crippen LogP contribution >= 0.6 is 35.4 Å². The summed E-state index contributed by atoms with van der Waals surface area (Å²) in [5, 5.41) is 6.14. The predicted molar refractivity (Wildman–Crippen MR) is 147 cm³/mol. The number of carbonyl (C=O) groups is 1. The number of halogens is 2. The molecule has 7 nitrogen and oxygen atoms in total. The van der Waals surface area contributed by atoms with E-state index >= 15 is 0 Å². The Morgan fingerprint density at radius 1 is 1.06 bits per heavy atom. The molecule has 1 amide bonds. The van der Waals surface area contributed by atoms with Crippen molar-refractivity contribution in [3.8, 4) is 23.0 Å². The summed E-state index contributed by atoms with van der Waals surface area (Å²) < 4.78 is 16.7. The smallest absolute Gasteiger partial charge is 0.261 e. The fourth-order valence-electron chi connectivity index (χ4n) is 3.63. The predicted octanol–water partition coefficient (Wildman–Crippen LogP) is 7.07. The van der Waals surface area contributed by atoms with Crippen molar-refractivity contribution in [2.75, 3.05) is 19.5 Å². The average molecular weight is 544 g/mol. The third-order valence-electron chi connectivity index (χ3n) is 5.46. The molecule has 3 aromatic carbocycles. The Balaban J connectivity index is 1.58. The second kappa shape index (κ2) is 10.7. The van der Waals surface area contributed by atoms with E-state index in [4.69, 9.17) is 49.3 Å². The molecule has 0 bridgehead atoms. The summed E-state index contributed by atoms with van der Waals surface area (Å²) in [6.07, 6.45) is 0. The standard InChI is InChI=1S/C26H23Cl2N3O4S/c1-13(2)14-5-8-22-20(9-14)29-25(35-22)15-6-7-21(33-3)19(10-15)30-26(36)31-24(32)17-11-16(27)12-18(28)23(17)34-4/h5-13H,1-4H3,(H2,30,31,32,36). The second-order valence-electron chi connectivity index (χ2n) is 8.19. The van der Waals surface area contributed by atoms with E-state index in [9.17, 15) is 4.79 Å². The number of carbonyl (C=O) groups excluding carboxylic acids is 1. The molecule has 0 aliphatic heterocycles. The largest absolute Gasteiger partial charge is 0.495 e. The molecule has 0 spiro atoms. The van der Waals surface area contributed by atoms with Crippen LogP contribution in [0.4, 0.5) is 5.69 Å². The lowest BCUT2D eigenvalue weighted by Crippen LogP contribution is -2.34. The molecule has 2 N–H and O–H groups in total. The summed E-state index contributed by atoms with van der Waals surface area (Å²) in [6.45, 7) is 4.25. The minimum Gasteiger partial charge on any atom is -0.495 e. The van der Waals surface area contributed by atoms with E-state index in [0.717, 1.165) is 5.52 Å². The van der Waals surface area contributed by atoms with E-state index in [2.05, 4.69) is 29.5 Å². The number of amides is 1. The molecular formula is C26H23Cl2N3O4S. The van der Waals surface area contributed by atoms with Crippen molar-refractivity contribution in [2.45, 2.75) is 19.8 Å². The van der Waals surface area contributed by atoms with Gasteiger partial charge in [0.15, 0.2) is 10.7 Å². The summed E-state index contributed by atoms with van der Waals surface area (Å²) >= 11 is 17.6. The number of fused-ring (bicyclic) bond motifs is 1. The van der Waals surface area contributed by atoms with Gasteiger partial charge in [0.05, 0.1) is 30.5 Å². The third kappa shape index (κ3) is 5.41. The van der Waals surface area contributed by atoms with Crippen molar-refractivity contribution in [1.29, 1.82) is 0 Å². The molecule has 0 atom stereocenters. The number of hydrogen-bond donors (Lipinski definition) is 2. The first-order chi connectivity index (χ1) is 17.2. The number of aromatic nitrogens is 1. The molecule has 0 radical (unpaired) electrons. The molecule has 0 saturated heterocycles. The number of thiocarbonyl (C=S) groups is 1. The van der Waals surface area contributed by atoms with Crippen molar-refractivity contribution in [3.63, 3.8) is 0 Å². The maximum atomic E-state index is 12.9. The molecule has 0 saturated carbocycles. The van der Waals surface area contributed by atoms with Gasteiger partial charge in [0.1, 0.15) is 17.0 Å². The molecule has 4 aromatic rings. The van der Waals surface area contributed by atoms with Crippen LogP contribution in [0.1, 0.15) is 35.7 Å². The molecule has 186 valence electrons. The zero-order valence-corrected chi connectivity index (χ0v) is 22.3. The monoisotopic (exact) mass is 543 g/mol. The van der Waals surface area contributed by atoms with Crippen LogP contribution in [-0.2, 0) is 0 Å². The van der Waals surface area contributed by atoms with Gasteiger partial charge in [-0.05, 0) is 66.2 Å².